The Morgan fingerprint density at radius 3 is 1.52 bits per heavy atom. The van der Waals surface area contributed by atoms with Crippen molar-refractivity contribution in [1.29, 1.82) is 0 Å². The second-order valence-corrected chi connectivity index (χ2v) is 25.8. The van der Waals surface area contributed by atoms with E-state index >= 15 is 0 Å². The van der Waals surface area contributed by atoms with Crippen LogP contribution in [0.4, 0.5) is 9.59 Å². The molecule has 4 heterocycles. The van der Waals surface area contributed by atoms with Crippen LogP contribution in [0.25, 0.3) is 0 Å². The summed E-state index contributed by atoms with van der Waals surface area (Å²) in [6, 6.07) is 7.55. The first-order chi connectivity index (χ1) is 39.3. The first kappa shape index (κ1) is 60.2. The van der Waals surface area contributed by atoms with Crippen LogP contribution in [0.1, 0.15) is 203 Å². The molecule has 3 N–H and O–H groups in total. The fourth-order valence-electron chi connectivity index (χ4n) is 15.7. The summed E-state index contributed by atoms with van der Waals surface area (Å²) in [7, 11) is 0. The first-order valence-corrected chi connectivity index (χ1v) is 33.0. The number of carbonyl (C=O) groups is 4. The predicted molar refractivity (Wildman–Crippen MR) is 312 cm³/mol. The molecule has 2 aromatic carbocycles. The number of hydrogen-bond acceptors (Lipinski definition) is 16. The summed E-state index contributed by atoms with van der Waals surface area (Å²) in [5, 5.41) is 34.6. The van der Waals surface area contributed by atoms with E-state index in [1.807, 2.05) is 40.8 Å². The van der Waals surface area contributed by atoms with Crippen LogP contribution < -0.4 is 14.2 Å². The van der Waals surface area contributed by atoms with Gasteiger partial charge in [-0.25, -0.2) is 9.59 Å². The van der Waals surface area contributed by atoms with E-state index in [1.54, 1.807) is 6.07 Å². The number of ketones is 2. The van der Waals surface area contributed by atoms with Crippen molar-refractivity contribution in [3.63, 3.8) is 0 Å². The van der Waals surface area contributed by atoms with Gasteiger partial charge in [-0.3, -0.25) is 19.4 Å². The largest absolute Gasteiger partial charge is 0.511 e. The van der Waals surface area contributed by atoms with Gasteiger partial charge in [-0.15, -0.1) is 0 Å². The molecule has 12 rings (SSSR count). The van der Waals surface area contributed by atoms with Gasteiger partial charge in [0.05, 0.1) is 35.2 Å². The Labute approximate surface area is 493 Å². The molecule has 81 heavy (non-hydrogen) atoms. The number of phenols is 1. The Morgan fingerprint density at radius 1 is 0.593 bits per heavy atom. The van der Waals surface area contributed by atoms with Crippen LogP contribution in [0.15, 0.2) is 24.3 Å². The second kappa shape index (κ2) is 26.6. The van der Waals surface area contributed by atoms with E-state index < -0.39 is 46.6 Å². The number of phenolic OH excluding ortho intramolecular Hbond substituents is 1. The number of benzene rings is 2. The molecule has 16 nitrogen and oxygen atoms in total. The van der Waals surface area contributed by atoms with Gasteiger partial charge in [0.1, 0.15) is 4.61 Å². The number of likely N-dealkylation sites (tertiary alicyclic amines) is 2. The van der Waals surface area contributed by atoms with Gasteiger partial charge in [0.25, 0.3) is 0 Å². The van der Waals surface area contributed by atoms with E-state index in [-0.39, 0.29) is 36.2 Å². The number of nitrogens with zero attached hydrogens (tertiary/aromatic N) is 2. The maximum absolute atomic E-state index is 13.2. The summed E-state index contributed by atoms with van der Waals surface area (Å²) in [6.07, 6.45) is 26.5. The van der Waals surface area contributed by atoms with E-state index in [0.717, 1.165) is 112 Å². The fraction of sp³-hybridized carbons (Fsp3) is 0.750. The molecule has 0 amide bonds. The standard InChI is InChI=1S/C31H43NO7.C20H23NO4.C13H25IO3/c1-2-3-4-5-6-7-8-17-36-29(34)38-20-37-24-12-11-22-18-25-31(35)14-13-23(33)28-30(31,26(22)27(24)39-28)15-16-32(25)19-21-9-10-21;22-13-4-3-12-9-15-20(24)6-5-14(23)18-19(20,16(12)17(13)25-18)7-8-21(15)10-11-1-2-11;1-2-3-4-5-6-7-8-9-10-11-16-13(15)17-12-14/h11-12,21,25,28,35H,2-10,13-20H2,1H3;3-4,11,15,18,22,24H,1-2,5-10H2;2-12H2,1H3/t25?,28-,30-,31+;15?,18-,19-,20+;/m00./s1. The van der Waals surface area contributed by atoms with Gasteiger partial charge >= 0.3 is 12.3 Å². The molecule has 448 valence electrons. The number of unbranched alkanes of at least 4 members (excludes halogenated alkanes) is 14. The highest BCUT2D eigenvalue weighted by Crippen LogP contribution is 2.67. The third kappa shape index (κ3) is 12.2. The van der Waals surface area contributed by atoms with Crippen LogP contribution >= 0.6 is 22.6 Å². The molecular formula is C64H91IN2O14. The van der Waals surface area contributed by atoms with E-state index in [2.05, 4.69) is 28.4 Å². The van der Waals surface area contributed by atoms with Crippen molar-refractivity contribution >= 4 is 46.5 Å². The molecule has 10 aliphatic rings. The lowest BCUT2D eigenvalue weighted by Gasteiger charge is -2.62. The molecule has 2 unspecified atom stereocenters. The van der Waals surface area contributed by atoms with E-state index in [0.29, 0.717) is 67.2 Å². The van der Waals surface area contributed by atoms with Crippen LogP contribution in [0.5, 0.6) is 23.0 Å². The van der Waals surface area contributed by atoms with Crippen molar-refractivity contribution in [3.8, 4) is 23.0 Å². The van der Waals surface area contributed by atoms with Gasteiger partial charge in [0.15, 0.2) is 46.8 Å². The van der Waals surface area contributed by atoms with E-state index in [4.69, 9.17) is 28.4 Å². The molecule has 0 radical (unpaired) electrons. The highest BCUT2D eigenvalue weighted by atomic mass is 127. The second-order valence-electron chi connectivity index (χ2n) is 25.2. The van der Waals surface area contributed by atoms with Crippen molar-refractivity contribution in [2.45, 2.75) is 240 Å². The zero-order chi connectivity index (χ0) is 56.8. The topological polar surface area (TPSA) is 200 Å². The summed E-state index contributed by atoms with van der Waals surface area (Å²) in [4.78, 5) is 53.7. The molecule has 2 saturated heterocycles. The molecule has 4 bridgehead atoms. The molecule has 2 aromatic rings. The smallest absolute Gasteiger partial charge is 0.504 e. The number of halogens is 1. The number of carbonyl (C=O) groups excluding carboxylic acids is 4. The highest BCUT2D eigenvalue weighted by molar-refractivity contribution is 14.1. The van der Waals surface area contributed by atoms with Crippen molar-refractivity contribution < 1.29 is 67.7 Å². The van der Waals surface area contributed by atoms with Crippen molar-refractivity contribution in [2.24, 2.45) is 11.8 Å². The molecule has 4 aliphatic heterocycles. The van der Waals surface area contributed by atoms with Crippen molar-refractivity contribution in [1.82, 2.24) is 9.80 Å². The third-order valence-electron chi connectivity index (χ3n) is 20.1. The maximum atomic E-state index is 13.2. The predicted octanol–water partition coefficient (Wildman–Crippen LogP) is 11.6. The van der Waals surface area contributed by atoms with Crippen LogP contribution in [-0.2, 0) is 52.2 Å². The Kier molecular flexibility index (Phi) is 19.7. The van der Waals surface area contributed by atoms with Crippen LogP contribution in [0.3, 0.4) is 0 Å². The minimum atomic E-state index is -1.01. The lowest BCUT2D eigenvalue weighted by molar-refractivity contribution is -0.188. The number of hydrogen-bond donors (Lipinski definition) is 3. The van der Waals surface area contributed by atoms with Gasteiger partial charge in [-0.1, -0.05) is 116 Å². The summed E-state index contributed by atoms with van der Waals surface area (Å²) < 4.78 is 38.5. The summed E-state index contributed by atoms with van der Waals surface area (Å²) >= 11 is 1.97. The number of aromatic hydroxyl groups is 1. The molecule has 0 aromatic heterocycles. The number of ether oxygens (including phenoxy) is 7. The van der Waals surface area contributed by atoms with Gasteiger partial charge in [-0.2, -0.15) is 0 Å². The maximum Gasteiger partial charge on any atom is 0.511 e. The Bertz CT molecular complexity index is 2540. The van der Waals surface area contributed by atoms with Gasteiger partial charge in [0.2, 0.25) is 6.79 Å². The van der Waals surface area contributed by atoms with Gasteiger partial charge < -0.3 is 48.5 Å². The number of Topliss-reactive ketones (excluding diaryl/α,β-unsaturated/α-hetero) is 2. The number of aliphatic hydroxyl groups is 2. The van der Waals surface area contributed by atoms with Crippen LogP contribution in [0.2, 0.25) is 0 Å². The summed E-state index contributed by atoms with van der Waals surface area (Å²) in [5.41, 5.74) is 0.761. The molecule has 6 aliphatic carbocycles. The highest BCUT2D eigenvalue weighted by Gasteiger charge is 2.75. The van der Waals surface area contributed by atoms with E-state index in [1.165, 1.54) is 96.3 Å². The average Bonchev–Trinajstić information content (AvgIpc) is 4.48. The zero-order valence-electron chi connectivity index (χ0n) is 48.3. The molecule has 17 heteroatoms. The Morgan fingerprint density at radius 2 is 1.04 bits per heavy atom. The molecule has 2 spiro atoms. The van der Waals surface area contributed by atoms with E-state index in [9.17, 15) is 34.5 Å². The normalized spacial score (nSPS) is 29.6. The summed E-state index contributed by atoms with van der Waals surface area (Å²) in [6.45, 7) is 8.80. The Hall–Kier alpha value is -3.91. The van der Waals surface area contributed by atoms with Crippen LogP contribution in [0, 0.1) is 11.8 Å². The fourth-order valence-corrected chi connectivity index (χ4v) is 15.9. The average molecular weight is 1240 g/mol. The Balaban J connectivity index is 0.000000150. The van der Waals surface area contributed by atoms with Crippen molar-refractivity contribution in [2.75, 3.05) is 50.8 Å². The third-order valence-corrected chi connectivity index (χ3v) is 20.4. The van der Waals surface area contributed by atoms with Gasteiger partial charge in [-0.05, 0) is 148 Å². The number of rotatable bonds is 26. The van der Waals surface area contributed by atoms with Crippen molar-refractivity contribution in [3.05, 3.63) is 46.5 Å². The molecule has 4 saturated carbocycles. The lowest BCUT2D eigenvalue weighted by atomic mass is 9.49. The number of piperidine rings is 2. The van der Waals surface area contributed by atoms with Gasteiger partial charge in [0, 0.05) is 49.1 Å². The monoisotopic (exact) mass is 1240 g/mol. The first-order valence-electron chi connectivity index (χ1n) is 31.4. The summed E-state index contributed by atoms with van der Waals surface area (Å²) in [5.74, 6) is 3.14. The molecule has 8 atom stereocenters. The lowest BCUT2D eigenvalue weighted by Crippen LogP contribution is -2.76. The SMILES string of the molecule is CCCCCCCCCCCOC(=O)OCI.CCCCCCCCCOC(=O)OCOc1ccc2c3c1O[C@H]1C(=O)CC[C@@]4(O)C(C2)N(CC2CC2)CC[C@]314.O=C1CC[C@@]2(O)C3Cc4ccc(O)c5c4[C@@]2(CCN3CC2CC2)[C@H]1O5. The minimum Gasteiger partial charge on any atom is -0.504 e. The zero-order valence-corrected chi connectivity index (χ0v) is 50.5. The van der Waals surface area contributed by atoms with Crippen LogP contribution in [-0.4, -0.2) is 135 Å². The number of alkyl halides is 1. The molecule has 6 fully saturated rings. The molecular weight excluding hydrogens is 1150 g/mol. The minimum absolute atomic E-state index is 0.00860. The quantitative estimate of drug-likeness (QED) is 0.0264.